The van der Waals surface area contributed by atoms with Crippen LogP contribution in [0, 0.1) is 6.92 Å². The molecule has 1 heterocycles. The van der Waals surface area contributed by atoms with Gasteiger partial charge in [-0.05, 0) is 31.0 Å². The predicted octanol–water partition coefficient (Wildman–Crippen LogP) is 3.27. The molecule has 0 aliphatic rings. The van der Waals surface area contributed by atoms with Crippen molar-refractivity contribution < 1.29 is 5.11 Å². The molecule has 0 aliphatic carbocycles. The standard InChI is InChI=1S/C14H14ClNO2/c1-3-11-12(9-4-6-10(15)7-5-9)16-14(18)8(2)13(11)17/h4-7H,3H2,1-2H3,(H2,16,17,18). The number of aromatic nitrogens is 1. The number of benzene rings is 1. The van der Waals surface area contributed by atoms with Gasteiger partial charge in [-0.25, -0.2) is 0 Å². The van der Waals surface area contributed by atoms with Crippen LogP contribution in [-0.4, -0.2) is 10.1 Å². The largest absolute Gasteiger partial charge is 0.507 e. The van der Waals surface area contributed by atoms with Crippen LogP contribution in [-0.2, 0) is 6.42 Å². The average Bonchev–Trinajstić information content (AvgIpc) is 2.37. The number of hydrogen-bond acceptors (Lipinski definition) is 2. The molecule has 0 spiro atoms. The molecule has 0 amide bonds. The van der Waals surface area contributed by atoms with E-state index in [-0.39, 0.29) is 11.3 Å². The normalized spacial score (nSPS) is 10.6. The van der Waals surface area contributed by atoms with Gasteiger partial charge in [0.1, 0.15) is 5.75 Å². The molecule has 0 radical (unpaired) electrons. The van der Waals surface area contributed by atoms with E-state index in [2.05, 4.69) is 4.98 Å². The number of hydrogen-bond donors (Lipinski definition) is 2. The minimum absolute atomic E-state index is 0.0752. The Kier molecular flexibility index (Phi) is 3.43. The molecule has 0 unspecified atom stereocenters. The van der Waals surface area contributed by atoms with Gasteiger partial charge in [0, 0.05) is 10.6 Å². The molecule has 0 atom stereocenters. The molecule has 0 aliphatic heterocycles. The van der Waals surface area contributed by atoms with Gasteiger partial charge in [0.15, 0.2) is 0 Å². The van der Waals surface area contributed by atoms with Crippen molar-refractivity contribution in [1.82, 2.24) is 4.98 Å². The fourth-order valence-electron chi connectivity index (χ4n) is 1.94. The van der Waals surface area contributed by atoms with Crippen LogP contribution in [0.4, 0.5) is 0 Å². The third kappa shape index (κ3) is 2.14. The molecule has 2 aromatic rings. The number of halogens is 1. The van der Waals surface area contributed by atoms with Crippen LogP contribution in [0.2, 0.25) is 5.02 Å². The lowest BCUT2D eigenvalue weighted by molar-refractivity contribution is 0.463. The van der Waals surface area contributed by atoms with E-state index in [4.69, 9.17) is 11.6 Å². The zero-order valence-corrected chi connectivity index (χ0v) is 11.0. The minimum Gasteiger partial charge on any atom is -0.507 e. The van der Waals surface area contributed by atoms with E-state index in [1.165, 1.54) is 0 Å². The van der Waals surface area contributed by atoms with Crippen molar-refractivity contribution in [3.05, 3.63) is 50.8 Å². The molecule has 1 aromatic carbocycles. The van der Waals surface area contributed by atoms with Gasteiger partial charge in [-0.3, -0.25) is 4.79 Å². The highest BCUT2D eigenvalue weighted by molar-refractivity contribution is 6.30. The van der Waals surface area contributed by atoms with Crippen molar-refractivity contribution in [2.45, 2.75) is 20.3 Å². The van der Waals surface area contributed by atoms with Crippen molar-refractivity contribution in [3.63, 3.8) is 0 Å². The Hall–Kier alpha value is -1.74. The molecule has 3 nitrogen and oxygen atoms in total. The van der Waals surface area contributed by atoms with E-state index < -0.39 is 0 Å². The average molecular weight is 264 g/mol. The lowest BCUT2D eigenvalue weighted by Gasteiger charge is -2.11. The van der Waals surface area contributed by atoms with Gasteiger partial charge < -0.3 is 10.1 Å². The monoisotopic (exact) mass is 263 g/mol. The molecule has 0 fully saturated rings. The zero-order valence-electron chi connectivity index (χ0n) is 10.2. The van der Waals surface area contributed by atoms with Crippen LogP contribution in [0.25, 0.3) is 11.3 Å². The summed E-state index contributed by atoms with van der Waals surface area (Å²) in [6.45, 7) is 3.55. The number of H-pyrrole nitrogens is 1. The first-order chi connectivity index (χ1) is 8.54. The number of aromatic amines is 1. The Morgan fingerprint density at radius 3 is 2.44 bits per heavy atom. The van der Waals surface area contributed by atoms with Crippen molar-refractivity contribution in [1.29, 1.82) is 0 Å². The first-order valence-electron chi connectivity index (χ1n) is 5.75. The maximum absolute atomic E-state index is 11.7. The van der Waals surface area contributed by atoms with Gasteiger partial charge in [-0.1, -0.05) is 30.7 Å². The quantitative estimate of drug-likeness (QED) is 0.874. The fraction of sp³-hybridized carbons (Fsp3) is 0.214. The highest BCUT2D eigenvalue weighted by atomic mass is 35.5. The van der Waals surface area contributed by atoms with Crippen LogP contribution in [0.5, 0.6) is 5.75 Å². The SMILES string of the molecule is CCc1c(-c2ccc(Cl)cc2)[nH]c(=O)c(C)c1O. The molecule has 2 rings (SSSR count). The molecule has 18 heavy (non-hydrogen) atoms. The van der Waals surface area contributed by atoms with E-state index >= 15 is 0 Å². The van der Waals surface area contributed by atoms with Crippen LogP contribution >= 0.6 is 11.6 Å². The summed E-state index contributed by atoms with van der Waals surface area (Å²) in [5.74, 6) is 0.0752. The van der Waals surface area contributed by atoms with E-state index in [9.17, 15) is 9.90 Å². The summed E-state index contributed by atoms with van der Waals surface area (Å²) in [4.78, 5) is 14.5. The lowest BCUT2D eigenvalue weighted by Crippen LogP contribution is -2.13. The summed E-state index contributed by atoms with van der Waals surface area (Å²) in [6.07, 6.45) is 0.640. The smallest absolute Gasteiger partial charge is 0.255 e. The van der Waals surface area contributed by atoms with Crippen LogP contribution < -0.4 is 5.56 Å². The van der Waals surface area contributed by atoms with Gasteiger partial charge in [0.05, 0.1) is 11.3 Å². The zero-order chi connectivity index (χ0) is 13.3. The molecule has 0 saturated carbocycles. The molecular formula is C14H14ClNO2. The number of aromatic hydroxyl groups is 1. The predicted molar refractivity (Wildman–Crippen MR) is 73.3 cm³/mol. The maximum Gasteiger partial charge on any atom is 0.255 e. The van der Waals surface area contributed by atoms with Crippen molar-refractivity contribution in [3.8, 4) is 17.0 Å². The molecule has 0 saturated heterocycles. The van der Waals surface area contributed by atoms with Crippen molar-refractivity contribution in [2.24, 2.45) is 0 Å². The second-order valence-electron chi connectivity index (χ2n) is 4.14. The molecule has 94 valence electrons. The Bertz CT molecular complexity index is 629. The topological polar surface area (TPSA) is 53.1 Å². The van der Waals surface area contributed by atoms with E-state index in [0.717, 1.165) is 11.1 Å². The van der Waals surface area contributed by atoms with E-state index in [1.807, 2.05) is 19.1 Å². The molecule has 4 heteroatoms. The van der Waals surface area contributed by atoms with E-state index in [0.29, 0.717) is 22.7 Å². The van der Waals surface area contributed by atoms with Gasteiger partial charge >= 0.3 is 0 Å². The van der Waals surface area contributed by atoms with E-state index in [1.54, 1.807) is 19.1 Å². The number of pyridine rings is 1. The molecular weight excluding hydrogens is 250 g/mol. The Labute approximate surface area is 110 Å². The van der Waals surface area contributed by atoms with Gasteiger partial charge in [-0.2, -0.15) is 0 Å². The summed E-state index contributed by atoms with van der Waals surface area (Å²) in [5, 5.41) is 10.7. The van der Waals surface area contributed by atoms with Crippen molar-refractivity contribution >= 4 is 11.6 Å². The van der Waals surface area contributed by atoms with Crippen LogP contribution in [0.3, 0.4) is 0 Å². The second kappa shape index (κ2) is 4.86. The third-order valence-electron chi connectivity index (χ3n) is 3.01. The summed E-state index contributed by atoms with van der Waals surface area (Å²) in [7, 11) is 0. The Balaban J connectivity index is 2.71. The minimum atomic E-state index is -0.269. The summed E-state index contributed by atoms with van der Waals surface area (Å²) >= 11 is 5.84. The first-order valence-corrected chi connectivity index (χ1v) is 6.13. The summed E-state index contributed by atoms with van der Waals surface area (Å²) < 4.78 is 0. The molecule has 1 aromatic heterocycles. The second-order valence-corrected chi connectivity index (χ2v) is 4.58. The lowest BCUT2D eigenvalue weighted by atomic mass is 10.0. The van der Waals surface area contributed by atoms with Gasteiger partial charge in [0.25, 0.3) is 5.56 Å². The van der Waals surface area contributed by atoms with Crippen LogP contribution in [0.1, 0.15) is 18.1 Å². The highest BCUT2D eigenvalue weighted by Gasteiger charge is 2.13. The third-order valence-corrected chi connectivity index (χ3v) is 3.26. The van der Waals surface area contributed by atoms with Crippen molar-refractivity contribution in [2.75, 3.05) is 0 Å². The Morgan fingerprint density at radius 2 is 1.89 bits per heavy atom. The highest BCUT2D eigenvalue weighted by Crippen LogP contribution is 2.29. The number of nitrogens with one attached hydrogen (secondary N) is 1. The molecule has 0 bridgehead atoms. The summed E-state index contributed by atoms with van der Waals surface area (Å²) in [6, 6.07) is 7.15. The fourth-order valence-corrected chi connectivity index (χ4v) is 2.07. The molecule has 2 N–H and O–H groups in total. The maximum atomic E-state index is 11.7. The van der Waals surface area contributed by atoms with Gasteiger partial charge in [0.2, 0.25) is 0 Å². The Morgan fingerprint density at radius 1 is 1.28 bits per heavy atom. The first kappa shape index (κ1) is 12.7. The summed E-state index contributed by atoms with van der Waals surface area (Å²) in [5.41, 5.74) is 2.32. The number of rotatable bonds is 2. The van der Waals surface area contributed by atoms with Gasteiger partial charge in [-0.15, -0.1) is 0 Å². The van der Waals surface area contributed by atoms with Crippen LogP contribution in [0.15, 0.2) is 29.1 Å².